The molecule has 1 aliphatic heterocycles. The van der Waals surface area contributed by atoms with Crippen molar-refractivity contribution in [3.05, 3.63) is 59.9 Å². The summed E-state index contributed by atoms with van der Waals surface area (Å²) >= 11 is 0. The van der Waals surface area contributed by atoms with Crippen molar-refractivity contribution >= 4 is 23.6 Å². The van der Waals surface area contributed by atoms with E-state index in [1.807, 2.05) is 42.5 Å². The minimum Gasteiger partial charge on any atom is -0.462 e. The van der Waals surface area contributed by atoms with Gasteiger partial charge in [0.1, 0.15) is 29.8 Å². The normalized spacial score (nSPS) is 16.5. The fraction of sp³-hybridized carbons (Fsp3) is 0.370. The van der Waals surface area contributed by atoms with Crippen LogP contribution in [-0.2, 0) is 14.3 Å². The van der Waals surface area contributed by atoms with Gasteiger partial charge in [-0.3, -0.25) is 10.1 Å². The molecule has 3 heterocycles. The van der Waals surface area contributed by atoms with Gasteiger partial charge in [0, 0.05) is 37.7 Å². The first kappa shape index (κ1) is 24.3. The average Bonchev–Trinajstić information content (AvgIpc) is 3.71. The molecule has 0 spiro atoms. The Kier molecular flexibility index (Phi) is 7.03. The van der Waals surface area contributed by atoms with Crippen molar-refractivity contribution < 1.29 is 23.6 Å². The van der Waals surface area contributed by atoms with Crippen LogP contribution < -0.4 is 10.2 Å². The smallest absolute Gasteiger partial charge is 0.412 e. The number of nitriles is 1. The third kappa shape index (κ3) is 5.72. The molecule has 1 atom stereocenters. The van der Waals surface area contributed by atoms with E-state index in [2.05, 4.69) is 20.4 Å². The largest absolute Gasteiger partial charge is 0.462 e. The van der Waals surface area contributed by atoms with E-state index in [-0.39, 0.29) is 35.1 Å². The first-order chi connectivity index (χ1) is 18.0. The summed E-state index contributed by atoms with van der Waals surface area (Å²) in [6, 6.07) is 14.9. The first-order valence-electron chi connectivity index (χ1n) is 12.4. The molecule has 2 fully saturated rings. The molecular weight excluding hydrogens is 474 g/mol. The highest BCUT2D eigenvalue weighted by atomic mass is 16.6. The molecule has 2 aromatic heterocycles. The van der Waals surface area contributed by atoms with E-state index in [1.54, 1.807) is 19.2 Å². The van der Waals surface area contributed by atoms with Crippen LogP contribution in [0.4, 0.5) is 16.3 Å². The van der Waals surface area contributed by atoms with Gasteiger partial charge in [-0.2, -0.15) is 5.26 Å². The zero-order chi connectivity index (χ0) is 25.8. The first-order valence-corrected chi connectivity index (χ1v) is 12.4. The molecule has 3 aromatic rings. The second kappa shape index (κ2) is 10.7. The van der Waals surface area contributed by atoms with Gasteiger partial charge in [-0.1, -0.05) is 35.5 Å². The molecule has 190 valence electrons. The summed E-state index contributed by atoms with van der Waals surface area (Å²) in [5.41, 5.74) is 1.46. The zero-order valence-corrected chi connectivity index (χ0v) is 20.4. The molecule has 0 bridgehead atoms. The Labute approximate surface area is 214 Å². The number of carbonyl (C=O) groups is 2. The van der Waals surface area contributed by atoms with Gasteiger partial charge in [-0.25, -0.2) is 9.78 Å². The molecule has 1 saturated heterocycles. The maximum atomic E-state index is 12.6. The topological polar surface area (TPSA) is 131 Å². The Bertz CT molecular complexity index is 1290. The molecule has 2 aliphatic rings. The van der Waals surface area contributed by atoms with Crippen molar-refractivity contribution in [2.45, 2.75) is 44.8 Å². The maximum Gasteiger partial charge on any atom is 0.412 e. The van der Waals surface area contributed by atoms with Crippen molar-refractivity contribution in [1.29, 1.82) is 5.26 Å². The number of benzene rings is 1. The van der Waals surface area contributed by atoms with Gasteiger partial charge < -0.3 is 18.9 Å². The van der Waals surface area contributed by atoms with Crippen molar-refractivity contribution in [2.75, 3.05) is 23.3 Å². The number of piperidine rings is 1. The molecule has 0 radical (unpaired) electrons. The van der Waals surface area contributed by atoms with Crippen LogP contribution in [0.2, 0.25) is 0 Å². The molecule has 1 aromatic carbocycles. The Morgan fingerprint density at radius 3 is 2.54 bits per heavy atom. The lowest BCUT2D eigenvalue weighted by Gasteiger charge is -2.32. The van der Waals surface area contributed by atoms with E-state index in [0.717, 1.165) is 50.2 Å². The Morgan fingerprint density at radius 1 is 1.14 bits per heavy atom. The third-order valence-corrected chi connectivity index (χ3v) is 6.55. The van der Waals surface area contributed by atoms with Crippen LogP contribution in [0.25, 0.3) is 11.3 Å². The fourth-order valence-electron chi connectivity index (χ4n) is 4.25. The lowest BCUT2D eigenvalue weighted by atomic mass is 10.1. The number of pyridine rings is 1. The standard InChI is InChI=1S/C27H27N5O5/c1-17(18-5-3-2-4-6-18)35-27(34)30-24-22(15-28)31-37-25(24)20-9-10-23(29-16-20)32-13-11-21(12-14-32)36-26(33)19-7-8-19/h2-6,9-10,16-17,19,21H,7-8,11-14H2,1H3,(H,30,34). The lowest BCUT2D eigenvalue weighted by molar-refractivity contribution is -0.151. The van der Waals surface area contributed by atoms with Gasteiger partial charge >= 0.3 is 12.1 Å². The van der Waals surface area contributed by atoms with Crippen LogP contribution in [0.15, 0.2) is 53.2 Å². The maximum absolute atomic E-state index is 12.6. The average molecular weight is 502 g/mol. The lowest BCUT2D eigenvalue weighted by Crippen LogP contribution is -2.38. The van der Waals surface area contributed by atoms with Crippen molar-refractivity contribution in [1.82, 2.24) is 10.1 Å². The van der Waals surface area contributed by atoms with Crippen LogP contribution in [0.1, 0.15) is 50.0 Å². The van der Waals surface area contributed by atoms with Crippen molar-refractivity contribution in [2.24, 2.45) is 5.92 Å². The van der Waals surface area contributed by atoms with Crippen LogP contribution in [-0.4, -0.2) is 41.4 Å². The molecule has 1 N–H and O–H groups in total. The van der Waals surface area contributed by atoms with Gasteiger partial charge in [0.25, 0.3) is 0 Å². The number of hydrogen-bond acceptors (Lipinski definition) is 9. The van der Waals surface area contributed by atoms with Crippen molar-refractivity contribution in [3.8, 4) is 17.4 Å². The number of anilines is 2. The summed E-state index contributed by atoms with van der Waals surface area (Å²) in [6.45, 7) is 3.22. The van der Waals surface area contributed by atoms with Crippen LogP contribution in [0.5, 0.6) is 0 Å². The second-order valence-electron chi connectivity index (χ2n) is 9.23. The number of esters is 1. The number of nitrogens with one attached hydrogen (secondary N) is 1. The van der Waals surface area contributed by atoms with E-state index in [1.165, 1.54) is 0 Å². The minimum atomic E-state index is -0.730. The zero-order valence-electron chi connectivity index (χ0n) is 20.4. The molecule has 1 saturated carbocycles. The van der Waals surface area contributed by atoms with E-state index in [9.17, 15) is 14.9 Å². The van der Waals surface area contributed by atoms with Crippen LogP contribution >= 0.6 is 0 Å². The molecule has 1 aliphatic carbocycles. The summed E-state index contributed by atoms with van der Waals surface area (Å²) < 4.78 is 16.5. The molecule has 1 amide bonds. The summed E-state index contributed by atoms with van der Waals surface area (Å²) in [4.78, 5) is 31.2. The van der Waals surface area contributed by atoms with Gasteiger partial charge in [0.05, 0.1) is 5.92 Å². The number of nitrogens with zero attached hydrogens (tertiary/aromatic N) is 4. The third-order valence-electron chi connectivity index (χ3n) is 6.55. The van der Waals surface area contributed by atoms with Crippen molar-refractivity contribution in [3.63, 3.8) is 0 Å². The highest BCUT2D eigenvalue weighted by Gasteiger charge is 2.34. The van der Waals surface area contributed by atoms with Crippen LogP contribution in [0.3, 0.4) is 0 Å². The number of hydrogen-bond donors (Lipinski definition) is 1. The number of ether oxygens (including phenoxy) is 2. The van der Waals surface area contributed by atoms with E-state index < -0.39 is 12.2 Å². The predicted octanol–water partition coefficient (Wildman–Crippen LogP) is 4.84. The predicted molar refractivity (Wildman–Crippen MR) is 133 cm³/mol. The Hall–Kier alpha value is -4.39. The number of amides is 1. The Morgan fingerprint density at radius 2 is 1.89 bits per heavy atom. The van der Waals surface area contributed by atoms with Gasteiger partial charge in [0.15, 0.2) is 5.76 Å². The molecule has 5 rings (SSSR count). The Balaban J connectivity index is 1.22. The highest BCUT2D eigenvalue weighted by Crippen LogP contribution is 2.33. The monoisotopic (exact) mass is 501 g/mol. The SMILES string of the molecule is CC(OC(=O)Nc1c(C#N)noc1-c1ccc(N2CCC(OC(=O)C3CC3)CC2)nc1)c1ccccc1. The van der Waals surface area contributed by atoms with E-state index in [4.69, 9.17) is 14.0 Å². The number of carbonyl (C=O) groups excluding carboxylic acids is 2. The van der Waals surface area contributed by atoms with E-state index in [0.29, 0.717) is 5.56 Å². The van der Waals surface area contributed by atoms with E-state index >= 15 is 0 Å². The van der Waals surface area contributed by atoms with Gasteiger partial charge in [-0.15, -0.1) is 0 Å². The molecule has 10 heteroatoms. The van der Waals surface area contributed by atoms with Gasteiger partial charge in [0.2, 0.25) is 5.69 Å². The number of aromatic nitrogens is 2. The van der Waals surface area contributed by atoms with Gasteiger partial charge in [-0.05, 0) is 37.5 Å². The highest BCUT2D eigenvalue weighted by molar-refractivity contribution is 5.91. The molecule has 1 unspecified atom stereocenters. The summed E-state index contributed by atoms with van der Waals surface area (Å²) in [5.74, 6) is 1.04. The summed E-state index contributed by atoms with van der Waals surface area (Å²) in [5, 5.41) is 15.8. The van der Waals surface area contributed by atoms with Crippen LogP contribution in [0, 0.1) is 17.2 Å². The number of rotatable bonds is 7. The quantitative estimate of drug-likeness (QED) is 0.452. The fourth-order valence-corrected chi connectivity index (χ4v) is 4.25. The molecule has 37 heavy (non-hydrogen) atoms. The molecule has 10 nitrogen and oxygen atoms in total. The minimum absolute atomic E-state index is 0.0415. The molecular formula is C27H27N5O5. The summed E-state index contributed by atoms with van der Waals surface area (Å²) in [6.07, 6.45) is 3.75. The second-order valence-corrected chi connectivity index (χ2v) is 9.23. The summed E-state index contributed by atoms with van der Waals surface area (Å²) in [7, 11) is 0.